The van der Waals surface area contributed by atoms with Gasteiger partial charge in [0, 0.05) is 11.6 Å². The SMILES string of the molecule is Oc1cc(F)c(Cl)c(-c2ccc(Cc3nnco3)cc2)c1. The molecule has 0 spiro atoms. The second-order valence-corrected chi connectivity index (χ2v) is 4.87. The van der Waals surface area contributed by atoms with Gasteiger partial charge in [-0.15, -0.1) is 10.2 Å². The highest BCUT2D eigenvalue weighted by atomic mass is 35.5. The molecule has 0 saturated heterocycles. The van der Waals surface area contributed by atoms with Crippen LogP contribution in [0.25, 0.3) is 11.1 Å². The van der Waals surface area contributed by atoms with E-state index in [4.69, 9.17) is 16.0 Å². The standard InChI is InChI=1S/C15H10ClFN2O2/c16-15-12(6-11(20)7-13(15)17)10-3-1-9(2-4-10)5-14-19-18-8-21-14/h1-4,6-8,20H,5H2. The molecule has 0 bridgehead atoms. The van der Waals surface area contributed by atoms with Gasteiger partial charge < -0.3 is 9.52 Å². The number of benzene rings is 2. The first-order chi connectivity index (χ1) is 10.1. The quantitative estimate of drug-likeness (QED) is 0.799. The van der Waals surface area contributed by atoms with Crippen LogP contribution in [0.5, 0.6) is 5.75 Å². The van der Waals surface area contributed by atoms with Crippen molar-refractivity contribution in [1.82, 2.24) is 10.2 Å². The molecular formula is C15H10ClFN2O2. The number of aromatic nitrogens is 2. The molecule has 1 N–H and O–H groups in total. The van der Waals surface area contributed by atoms with Gasteiger partial charge in [-0.1, -0.05) is 35.9 Å². The summed E-state index contributed by atoms with van der Waals surface area (Å²) in [5, 5.41) is 16.9. The summed E-state index contributed by atoms with van der Waals surface area (Å²) in [4.78, 5) is 0. The third kappa shape index (κ3) is 2.87. The predicted molar refractivity (Wildman–Crippen MR) is 75.6 cm³/mol. The van der Waals surface area contributed by atoms with Crippen molar-refractivity contribution in [2.75, 3.05) is 0 Å². The third-order valence-corrected chi connectivity index (χ3v) is 3.42. The number of nitrogens with zero attached hydrogens (tertiary/aromatic N) is 2. The maximum Gasteiger partial charge on any atom is 0.220 e. The van der Waals surface area contributed by atoms with E-state index in [9.17, 15) is 9.50 Å². The van der Waals surface area contributed by atoms with Crippen molar-refractivity contribution >= 4 is 11.6 Å². The number of phenols is 1. The molecule has 0 aliphatic rings. The first kappa shape index (κ1) is 13.6. The summed E-state index contributed by atoms with van der Waals surface area (Å²) in [6.07, 6.45) is 1.79. The number of aromatic hydroxyl groups is 1. The molecule has 0 unspecified atom stereocenters. The van der Waals surface area contributed by atoms with Gasteiger partial charge in [0.05, 0.1) is 11.4 Å². The van der Waals surface area contributed by atoms with Crippen molar-refractivity contribution < 1.29 is 13.9 Å². The molecule has 106 valence electrons. The molecule has 4 nitrogen and oxygen atoms in total. The van der Waals surface area contributed by atoms with Crippen LogP contribution in [0.15, 0.2) is 47.2 Å². The van der Waals surface area contributed by atoms with Gasteiger partial charge in [-0.3, -0.25) is 0 Å². The fourth-order valence-corrected chi connectivity index (χ4v) is 2.25. The molecule has 0 fully saturated rings. The second-order valence-electron chi connectivity index (χ2n) is 4.50. The van der Waals surface area contributed by atoms with Crippen molar-refractivity contribution in [3.8, 4) is 16.9 Å². The van der Waals surface area contributed by atoms with Crippen LogP contribution in [0.2, 0.25) is 5.02 Å². The smallest absolute Gasteiger partial charge is 0.220 e. The minimum atomic E-state index is -0.651. The Labute approximate surface area is 124 Å². The lowest BCUT2D eigenvalue weighted by molar-refractivity contribution is 0.469. The van der Waals surface area contributed by atoms with E-state index in [2.05, 4.69) is 10.2 Å². The first-order valence-electron chi connectivity index (χ1n) is 6.16. The molecule has 6 heteroatoms. The van der Waals surface area contributed by atoms with E-state index in [0.29, 0.717) is 23.4 Å². The Bertz CT molecular complexity index is 758. The summed E-state index contributed by atoms with van der Waals surface area (Å²) in [6.45, 7) is 0. The zero-order valence-electron chi connectivity index (χ0n) is 10.8. The topological polar surface area (TPSA) is 59.2 Å². The van der Waals surface area contributed by atoms with Crippen LogP contribution < -0.4 is 0 Å². The van der Waals surface area contributed by atoms with E-state index in [0.717, 1.165) is 11.6 Å². The van der Waals surface area contributed by atoms with Gasteiger partial charge in [0.25, 0.3) is 0 Å². The van der Waals surface area contributed by atoms with E-state index in [-0.39, 0.29) is 10.8 Å². The summed E-state index contributed by atoms with van der Waals surface area (Å²) in [6, 6.07) is 9.72. The average molecular weight is 305 g/mol. The monoisotopic (exact) mass is 304 g/mol. The lowest BCUT2D eigenvalue weighted by Crippen LogP contribution is -1.89. The fraction of sp³-hybridized carbons (Fsp3) is 0.0667. The highest BCUT2D eigenvalue weighted by Gasteiger charge is 2.11. The Hall–Kier alpha value is -2.40. The van der Waals surface area contributed by atoms with E-state index < -0.39 is 5.82 Å². The largest absolute Gasteiger partial charge is 0.508 e. The lowest BCUT2D eigenvalue weighted by atomic mass is 10.0. The molecule has 0 atom stereocenters. The molecule has 3 aromatic rings. The van der Waals surface area contributed by atoms with Crippen LogP contribution in [0, 0.1) is 5.82 Å². The van der Waals surface area contributed by atoms with Gasteiger partial charge in [0.1, 0.15) is 11.6 Å². The number of hydrogen-bond donors (Lipinski definition) is 1. The number of halogens is 2. The van der Waals surface area contributed by atoms with Gasteiger partial charge in [-0.25, -0.2) is 4.39 Å². The van der Waals surface area contributed by atoms with Crippen LogP contribution in [0.4, 0.5) is 4.39 Å². The van der Waals surface area contributed by atoms with E-state index >= 15 is 0 Å². The summed E-state index contributed by atoms with van der Waals surface area (Å²) in [5.41, 5.74) is 2.13. The Morgan fingerprint density at radius 3 is 2.62 bits per heavy atom. The molecule has 3 rings (SSSR count). The van der Waals surface area contributed by atoms with E-state index in [1.807, 2.05) is 12.1 Å². The van der Waals surface area contributed by atoms with Crippen LogP contribution in [0.3, 0.4) is 0 Å². The minimum absolute atomic E-state index is 0.0162. The fourth-order valence-electron chi connectivity index (χ4n) is 2.03. The number of hydrogen-bond acceptors (Lipinski definition) is 4. The van der Waals surface area contributed by atoms with Crippen molar-refractivity contribution in [2.45, 2.75) is 6.42 Å². The van der Waals surface area contributed by atoms with Crippen LogP contribution >= 0.6 is 11.6 Å². The number of phenolic OH excluding ortho intramolecular Hbond substituents is 1. The maximum absolute atomic E-state index is 13.5. The molecule has 1 aromatic heterocycles. The van der Waals surface area contributed by atoms with Crippen molar-refractivity contribution in [1.29, 1.82) is 0 Å². The zero-order chi connectivity index (χ0) is 14.8. The highest BCUT2D eigenvalue weighted by molar-refractivity contribution is 6.33. The average Bonchev–Trinajstić information content (AvgIpc) is 2.97. The summed E-state index contributed by atoms with van der Waals surface area (Å²) >= 11 is 5.94. The highest BCUT2D eigenvalue weighted by Crippen LogP contribution is 2.33. The van der Waals surface area contributed by atoms with Crippen molar-refractivity contribution in [3.05, 3.63) is 65.1 Å². The molecule has 0 aliphatic carbocycles. The molecule has 0 aliphatic heterocycles. The van der Waals surface area contributed by atoms with Crippen LogP contribution in [-0.4, -0.2) is 15.3 Å². The molecule has 0 amide bonds. The summed E-state index contributed by atoms with van der Waals surface area (Å²) in [5.74, 6) is -0.298. The summed E-state index contributed by atoms with van der Waals surface area (Å²) < 4.78 is 18.6. The van der Waals surface area contributed by atoms with Crippen LogP contribution in [-0.2, 0) is 6.42 Å². The van der Waals surface area contributed by atoms with Gasteiger partial charge in [0.15, 0.2) is 0 Å². The van der Waals surface area contributed by atoms with Gasteiger partial charge >= 0.3 is 0 Å². The minimum Gasteiger partial charge on any atom is -0.508 e. The lowest BCUT2D eigenvalue weighted by Gasteiger charge is -2.07. The summed E-state index contributed by atoms with van der Waals surface area (Å²) in [7, 11) is 0. The van der Waals surface area contributed by atoms with E-state index in [1.165, 1.54) is 12.5 Å². The molecule has 21 heavy (non-hydrogen) atoms. The molecular weight excluding hydrogens is 295 g/mol. The third-order valence-electron chi connectivity index (χ3n) is 3.04. The van der Waals surface area contributed by atoms with Gasteiger partial charge in [0.2, 0.25) is 12.3 Å². The Balaban J connectivity index is 1.91. The van der Waals surface area contributed by atoms with E-state index in [1.54, 1.807) is 12.1 Å². The molecule has 0 saturated carbocycles. The molecule has 0 radical (unpaired) electrons. The molecule has 1 heterocycles. The van der Waals surface area contributed by atoms with Crippen LogP contribution in [0.1, 0.15) is 11.5 Å². The molecule has 2 aromatic carbocycles. The zero-order valence-corrected chi connectivity index (χ0v) is 11.5. The normalized spacial score (nSPS) is 10.8. The second kappa shape index (κ2) is 5.54. The first-order valence-corrected chi connectivity index (χ1v) is 6.53. The Morgan fingerprint density at radius 2 is 1.95 bits per heavy atom. The Morgan fingerprint density at radius 1 is 1.19 bits per heavy atom. The predicted octanol–water partition coefficient (Wildman–Crippen LogP) is 3.83. The number of rotatable bonds is 3. The van der Waals surface area contributed by atoms with Crippen molar-refractivity contribution in [3.63, 3.8) is 0 Å². The van der Waals surface area contributed by atoms with Gasteiger partial charge in [-0.05, 0) is 17.2 Å². The maximum atomic E-state index is 13.5. The van der Waals surface area contributed by atoms with Crippen molar-refractivity contribution in [2.24, 2.45) is 0 Å². The Kier molecular flexibility index (Phi) is 3.58. The van der Waals surface area contributed by atoms with Gasteiger partial charge in [-0.2, -0.15) is 0 Å².